The number of carbonyl (C=O) groups is 3. The fraction of sp³-hybridized carbons (Fsp3) is 0.583. The van der Waals surface area contributed by atoms with Crippen LogP contribution in [0, 0.1) is 0 Å². The van der Waals surface area contributed by atoms with Gasteiger partial charge in [-0.15, -0.1) is 0 Å². The molecule has 0 aromatic heterocycles. The predicted octanol–water partition coefficient (Wildman–Crippen LogP) is 1.78. The first-order chi connectivity index (χ1) is 11.1. The Morgan fingerprint density at radius 2 is 1.76 bits per heavy atom. The van der Waals surface area contributed by atoms with Gasteiger partial charge in [-0.1, -0.05) is 6.58 Å². The predicted molar refractivity (Wildman–Crippen MR) is 61.5 cm³/mol. The van der Waals surface area contributed by atoms with Crippen LogP contribution in [0.3, 0.4) is 0 Å². The first-order valence-corrected chi connectivity index (χ1v) is 6.18. The average molecular weight is 382 g/mol. The van der Waals surface area contributed by atoms with Crippen molar-refractivity contribution < 1.29 is 59.3 Å². The van der Waals surface area contributed by atoms with Crippen molar-refractivity contribution in [3.8, 4) is 0 Å². The molecule has 0 bridgehead atoms. The number of rotatable bonds is 5. The molecule has 0 radical (unpaired) electrons. The molecule has 6 nitrogen and oxygen atoms in total. The molecule has 1 saturated heterocycles. The Kier molecular flexibility index (Phi) is 5.40. The zero-order chi connectivity index (χ0) is 19.8. The van der Waals surface area contributed by atoms with E-state index in [1.54, 1.807) is 0 Å². The van der Waals surface area contributed by atoms with Crippen LogP contribution in [-0.4, -0.2) is 54.7 Å². The summed E-state index contributed by atoms with van der Waals surface area (Å²) in [6.07, 6.45) is -11.8. The fourth-order valence-electron chi connectivity index (χ4n) is 1.54. The number of alkyl halides is 7. The largest absolute Gasteiger partial charge is 0.451 e. The van der Waals surface area contributed by atoms with Crippen LogP contribution >= 0.6 is 0 Å². The standard InChI is InChI=1S/C12H9F7O6/c1-4(2)7(20)24-5-6(25-9(22)12(5,18)19)11(16,17)8(21)23-3-10(13,14)15/h5-6H,1,3H2,2H3. The summed E-state index contributed by atoms with van der Waals surface area (Å²) in [6, 6.07) is 0. The van der Waals surface area contributed by atoms with Gasteiger partial charge in [-0.25, -0.2) is 14.4 Å². The number of ether oxygens (including phenoxy) is 3. The van der Waals surface area contributed by atoms with E-state index in [9.17, 15) is 45.1 Å². The lowest BCUT2D eigenvalue weighted by Crippen LogP contribution is -2.52. The smallest absolute Gasteiger partial charge is 0.422 e. The summed E-state index contributed by atoms with van der Waals surface area (Å²) < 4.78 is 102. The number of carbonyl (C=O) groups excluding carboxylic acids is 3. The van der Waals surface area contributed by atoms with E-state index in [0.29, 0.717) is 0 Å². The van der Waals surface area contributed by atoms with Gasteiger partial charge in [0.05, 0.1) is 0 Å². The monoisotopic (exact) mass is 382 g/mol. The Labute approximate surface area is 134 Å². The highest BCUT2D eigenvalue weighted by Crippen LogP contribution is 2.41. The molecule has 0 aromatic rings. The van der Waals surface area contributed by atoms with Gasteiger partial charge in [-0.2, -0.15) is 30.7 Å². The van der Waals surface area contributed by atoms with Crippen LogP contribution in [-0.2, 0) is 28.6 Å². The van der Waals surface area contributed by atoms with Crippen LogP contribution in [0.25, 0.3) is 0 Å². The third kappa shape index (κ3) is 4.39. The lowest BCUT2D eigenvalue weighted by molar-refractivity contribution is -0.221. The van der Waals surface area contributed by atoms with E-state index in [2.05, 4.69) is 20.8 Å². The molecule has 142 valence electrons. The summed E-state index contributed by atoms with van der Waals surface area (Å²) in [4.78, 5) is 33.4. The summed E-state index contributed by atoms with van der Waals surface area (Å²) in [5.74, 6) is -17.0. The Hall–Kier alpha value is -2.34. The Balaban J connectivity index is 3.09. The number of cyclic esters (lactones) is 1. The quantitative estimate of drug-likeness (QED) is 0.312. The second-order valence-electron chi connectivity index (χ2n) is 4.87. The highest BCUT2D eigenvalue weighted by Gasteiger charge is 2.71. The minimum Gasteiger partial charge on any atom is -0.451 e. The van der Waals surface area contributed by atoms with E-state index < -0.39 is 60.3 Å². The molecule has 0 N–H and O–H groups in total. The number of hydrogen-bond acceptors (Lipinski definition) is 6. The van der Waals surface area contributed by atoms with Crippen molar-refractivity contribution in [3.05, 3.63) is 12.2 Å². The first-order valence-electron chi connectivity index (χ1n) is 6.18. The maximum absolute atomic E-state index is 13.8. The van der Waals surface area contributed by atoms with Crippen molar-refractivity contribution in [2.75, 3.05) is 6.61 Å². The van der Waals surface area contributed by atoms with Crippen LogP contribution in [0.15, 0.2) is 12.2 Å². The van der Waals surface area contributed by atoms with Gasteiger partial charge in [0, 0.05) is 5.57 Å². The van der Waals surface area contributed by atoms with Gasteiger partial charge in [-0.05, 0) is 6.92 Å². The van der Waals surface area contributed by atoms with Crippen molar-refractivity contribution in [3.63, 3.8) is 0 Å². The number of halogens is 7. The SMILES string of the molecule is C=C(C)C(=O)OC1C(C(F)(F)C(=O)OCC(F)(F)F)OC(=O)C1(F)F. The lowest BCUT2D eigenvalue weighted by atomic mass is 10.0. The van der Waals surface area contributed by atoms with Crippen LogP contribution in [0.5, 0.6) is 0 Å². The Bertz CT molecular complexity index is 597. The van der Waals surface area contributed by atoms with E-state index in [1.807, 2.05) is 0 Å². The molecule has 2 unspecified atom stereocenters. The average Bonchev–Trinajstić information content (AvgIpc) is 2.67. The van der Waals surface area contributed by atoms with Crippen LogP contribution in [0.1, 0.15) is 6.92 Å². The normalized spacial score (nSPS) is 23.0. The minimum atomic E-state index is -5.17. The summed E-state index contributed by atoms with van der Waals surface area (Å²) in [5, 5.41) is 0. The summed E-state index contributed by atoms with van der Waals surface area (Å²) in [7, 11) is 0. The molecule has 0 amide bonds. The molecule has 1 aliphatic heterocycles. The minimum absolute atomic E-state index is 0.517. The zero-order valence-corrected chi connectivity index (χ0v) is 12.2. The van der Waals surface area contributed by atoms with E-state index in [1.165, 1.54) is 0 Å². The summed E-state index contributed by atoms with van der Waals surface area (Å²) >= 11 is 0. The van der Waals surface area contributed by atoms with Crippen LogP contribution < -0.4 is 0 Å². The van der Waals surface area contributed by atoms with E-state index in [4.69, 9.17) is 0 Å². The number of esters is 3. The third-order valence-corrected chi connectivity index (χ3v) is 2.72. The molecule has 0 aliphatic carbocycles. The van der Waals surface area contributed by atoms with Gasteiger partial charge in [0.25, 0.3) is 0 Å². The molecular formula is C12H9F7O6. The second kappa shape index (κ2) is 6.52. The molecule has 0 spiro atoms. The molecule has 1 heterocycles. The lowest BCUT2D eigenvalue weighted by Gasteiger charge is -2.25. The molecule has 2 atom stereocenters. The highest BCUT2D eigenvalue weighted by atomic mass is 19.4. The maximum Gasteiger partial charge on any atom is 0.422 e. The maximum atomic E-state index is 13.8. The zero-order valence-electron chi connectivity index (χ0n) is 12.2. The Morgan fingerprint density at radius 3 is 2.20 bits per heavy atom. The van der Waals surface area contributed by atoms with E-state index in [-0.39, 0.29) is 0 Å². The molecule has 1 rings (SSSR count). The molecule has 13 heteroatoms. The second-order valence-corrected chi connectivity index (χ2v) is 4.87. The molecule has 1 aliphatic rings. The fourth-order valence-corrected chi connectivity index (χ4v) is 1.54. The Morgan fingerprint density at radius 1 is 1.24 bits per heavy atom. The molecule has 0 aromatic carbocycles. The van der Waals surface area contributed by atoms with Gasteiger partial charge in [0.2, 0.25) is 12.2 Å². The van der Waals surface area contributed by atoms with Gasteiger partial charge in [-0.3, -0.25) is 0 Å². The van der Waals surface area contributed by atoms with E-state index in [0.717, 1.165) is 6.92 Å². The van der Waals surface area contributed by atoms with Crippen LogP contribution in [0.2, 0.25) is 0 Å². The van der Waals surface area contributed by atoms with Crippen molar-refractivity contribution in [1.82, 2.24) is 0 Å². The van der Waals surface area contributed by atoms with Crippen molar-refractivity contribution in [2.24, 2.45) is 0 Å². The van der Waals surface area contributed by atoms with Gasteiger partial charge in [0.15, 0.2) is 6.61 Å². The van der Waals surface area contributed by atoms with Crippen molar-refractivity contribution in [2.45, 2.75) is 37.2 Å². The van der Waals surface area contributed by atoms with Crippen LogP contribution in [0.4, 0.5) is 30.7 Å². The summed E-state index contributed by atoms with van der Waals surface area (Å²) in [5.41, 5.74) is -0.517. The third-order valence-electron chi connectivity index (χ3n) is 2.72. The molecular weight excluding hydrogens is 373 g/mol. The van der Waals surface area contributed by atoms with Gasteiger partial charge < -0.3 is 14.2 Å². The molecule has 1 fully saturated rings. The number of hydrogen-bond donors (Lipinski definition) is 0. The highest BCUT2D eigenvalue weighted by molar-refractivity contribution is 5.89. The van der Waals surface area contributed by atoms with Gasteiger partial charge in [0.1, 0.15) is 0 Å². The van der Waals surface area contributed by atoms with Crippen molar-refractivity contribution >= 4 is 17.9 Å². The van der Waals surface area contributed by atoms with Gasteiger partial charge >= 0.3 is 35.9 Å². The summed E-state index contributed by atoms with van der Waals surface area (Å²) in [6.45, 7) is 1.52. The van der Waals surface area contributed by atoms with Crippen molar-refractivity contribution in [1.29, 1.82) is 0 Å². The topological polar surface area (TPSA) is 78.9 Å². The first kappa shape index (κ1) is 20.7. The molecule has 0 saturated carbocycles. The van der Waals surface area contributed by atoms with E-state index >= 15 is 0 Å². The molecule has 25 heavy (non-hydrogen) atoms.